The molecule has 1 aliphatic rings. The standard InChI is InChI=1S/C14H18ClF3N2O/c1-13(2,3)11-5-9(21)7-20(11)12-10(15)4-8(6-19-12)14(16,17)18/h4,6,9,11,21H,5,7H2,1-3H3/t9-,11?/m1/s1. The Morgan fingerprint density at radius 3 is 2.43 bits per heavy atom. The van der Waals surface area contributed by atoms with Crippen LogP contribution in [-0.2, 0) is 6.18 Å². The molecule has 1 fully saturated rings. The molecule has 2 heterocycles. The molecule has 7 heteroatoms. The van der Waals surface area contributed by atoms with Gasteiger partial charge in [-0.1, -0.05) is 32.4 Å². The normalized spacial score (nSPS) is 23.7. The number of halogens is 4. The van der Waals surface area contributed by atoms with E-state index in [0.717, 1.165) is 12.3 Å². The fraction of sp³-hybridized carbons (Fsp3) is 0.643. The molecule has 1 unspecified atom stereocenters. The molecule has 0 radical (unpaired) electrons. The number of rotatable bonds is 1. The number of pyridine rings is 1. The Bertz CT molecular complexity index is 528. The molecule has 1 aromatic heterocycles. The summed E-state index contributed by atoms with van der Waals surface area (Å²) in [5, 5.41) is 9.83. The summed E-state index contributed by atoms with van der Waals surface area (Å²) < 4.78 is 38.0. The van der Waals surface area contributed by atoms with Gasteiger partial charge in [-0.05, 0) is 17.9 Å². The van der Waals surface area contributed by atoms with E-state index < -0.39 is 17.8 Å². The molecule has 1 saturated heterocycles. The molecule has 0 aliphatic carbocycles. The van der Waals surface area contributed by atoms with Crippen LogP contribution in [0.4, 0.5) is 19.0 Å². The van der Waals surface area contributed by atoms with Crippen LogP contribution in [0.25, 0.3) is 0 Å². The van der Waals surface area contributed by atoms with Crippen LogP contribution in [0.1, 0.15) is 32.8 Å². The van der Waals surface area contributed by atoms with Crippen molar-refractivity contribution in [1.82, 2.24) is 4.98 Å². The predicted octanol–water partition coefficient (Wildman–Crippen LogP) is 3.74. The highest BCUT2D eigenvalue weighted by molar-refractivity contribution is 6.33. The van der Waals surface area contributed by atoms with E-state index in [2.05, 4.69) is 4.98 Å². The number of aliphatic hydroxyl groups excluding tert-OH is 1. The van der Waals surface area contributed by atoms with Gasteiger partial charge in [0.15, 0.2) is 0 Å². The Kier molecular flexibility index (Phi) is 4.14. The average Bonchev–Trinajstić information content (AvgIpc) is 2.69. The van der Waals surface area contributed by atoms with Crippen molar-refractivity contribution < 1.29 is 18.3 Å². The summed E-state index contributed by atoms with van der Waals surface area (Å²) in [5.74, 6) is 0.293. The Balaban J connectivity index is 2.37. The summed E-state index contributed by atoms with van der Waals surface area (Å²) in [6, 6.07) is 0.850. The number of hydrogen-bond donors (Lipinski definition) is 1. The van der Waals surface area contributed by atoms with E-state index in [0.29, 0.717) is 18.8 Å². The molecule has 21 heavy (non-hydrogen) atoms. The average molecular weight is 323 g/mol. The van der Waals surface area contributed by atoms with Crippen molar-refractivity contribution in [1.29, 1.82) is 0 Å². The van der Waals surface area contributed by atoms with E-state index in [-0.39, 0.29) is 16.5 Å². The molecule has 3 nitrogen and oxygen atoms in total. The molecule has 1 N–H and O–H groups in total. The monoisotopic (exact) mass is 322 g/mol. The summed E-state index contributed by atoms with van der Waals surface area (Å²) in [5.41, 5.74) is -1.02. The van der Waals surface area contributed by atoms with Crippen LogP contribution < -0.4 is 4.90 Å². The lowest BCUT2D eigenvalue weighted by Crippen LogP contribution is -2.40. The van der Waals surface area contributed by atoms with E-state index in [9.17, 15) is 18.3 Å². The zero-order valence-corrected chi connectivity index (χ0v) is 12.8. The zero-order chi connectivity index (χ0) is 16.0. The number of alkyl halides is 3. The Labute approximate surface area is 126 Å². The smallest absolute Gasteiger partial charge is 0.391 e. The maximum atomic E-state index is 12.7. The van der Waals surface area contributed by atoms with Crippen LogP contribution in [0.3, 0.4) is 0 Å². The Morgan fingerprint density at radius 1 is 1.33 bits per heavy atom. The quantitative estimate of drug-likeness (QED) is 0.855. The second kappa shape index (κ2) is 5.32. The summed E-state index contributed by atoms with van der Waals surface area (Å²) >= 11 is 5.99. The van der Waals surface area contributed by atoms with Crippen molar-refractivity contribution in [3.63, 3.8) is 0 Å². The highest BCUT2D eigenvalue weighted by atomic mass is 35.5. The van der Waals surface area contributed by atoms with Gasteiger partial charge >= 0.3 is 6.18 Å². The third-order valence-electron chi connectivity index (χ3n) is 3.70. The van der Waals surface area contributed by atoms with Crippen molar-refractivity contribution in [2.75, 3.05) is 11.4 Å². The van der Waals surface area contributed by atoms with Crippen LogP contribution in [0.15, 0.2) is 12.3 Å². The molecule has 2 rings (SSSR count). The second-order valence-electron chi connectivity index (χ2n) is 6.45. The first-order valence-corrected chi connectivity index (χ1v) is 7.05. The van der Waals surface area contributed by atoms with Gasteiger partial charge in [-0.25, -0.2) is 4.98 Å². The van der Waals surface area contributed by atoms with Crippen molar-refractivity contribution in [2.24, 2.45) is 5.41 Å². The highest BCUT2D eigenvalue weighted by Gasteiger charge is 2.40. The number of aliphatic hydroxyl groups is 1. The number of anilines is 1. The molecule has 0 spiro atoms. The first-order valence-electron chi connectivity index (χ1n) is 6.67. The summed E-state index contributed by atoms with van der Waals surface area (Å²) in [4.78, 5) is 5.69. The zero-order valence-electron chi connectivity index (χ0n) is 12.1. The fourth-order valence-corrected chi connectivity index (χ4v) is 2.94. The Morgan fingerprint density at radius 2 is 1.95 bits per heavy atom. The van der Waals surface area contributed by atoms with Gasteiger partial charge in [0.25, 0.3) is 0 Å². The molecular formula is C14H18ClF3N2O. The first kappa shape index (κ1) is 16.4. The number of β-amino-alcohol motifs (C(OH)–C–C–N with tert-alkyl or cyclic N) is 1. The topological polar surface area (TPSA) is 36.4 Å². The summed E-state index contributed by atoms with van der Waals surface area (Å²) in [7, 11) is 0. The molecule has 118 valence electrons. The lowest BCUT2D eigenvalue weighted by Gasteiger charge is -2.35. The maximum Gasteiger partial charge on any atom is 0.417 e. The van der Waals surface area contributed by atoms with Crippen LogP contribution in [0.5, 0.6) is 0 Å². The molecule has 0 amide bonds. The minimum absolute atomic E-state index is 0.0331. The summed E-state index contributed by atoms with van der Waals surface area (Å²) in [6.45, 7) is 6.36. The highest BCUT2D eigenvalue weighted by Crippen LogP contribution is 2.39. The van der Waals surface area contributed by atoms with E-state index >= 15 is 0 Å². The van der Waals surface area contributed by atoms with Crippen molar-refractivity contribution in [3.05, 3.63) is 22.8 Å². The Hall–Kier alpha value is -1.01. The predicted molar refractivity (Wildman–Crippen MR) is 75.5 cm³/mol. The molecule has 2 atom stereocenters. The molecule has 1 aliphatic heterocycles. The van der Waals surface area contributed by atoms with Crippen LogP contribution in [0.2, 0.25) is 5.02 Å². The lowest BCUT2D eigenvalue weighted by molar-refractivity contribution is -0.137. The molecule has 0 saturated carbocycles. The summed E-state index contributed by atoms with van der Waals surface area (Å²) in [6.07, 6.45) is -3.67. The van der Waals surface area contributed by atoms with E-state index in [1.54, 1.807) is 4.90 Å². The van der Waals surface area contributed by atoms with Gasteiger partial charge in [-0.3, -0.25) is 0 Å². The van der Waals surface area contributed by atoms with Crippen molar-refractivity contribution >= 4 is 17.4 Å². The van der Waals surface area contributed by atoms with Gasteiger partial charge in [0.05, 0.1) is 16.7 Å². The fourth-order valence-electron chi connectivity index (χ4n) is 2.67. The molecule has 0 bridgehead atoms. The number of hydrogen-bond acceptors (Lipinski definition) is 3. The van der Waals surface area contributed by atoms with Gasteiger partial charge in [0, 0.05) is 18.8 Å². The molecule has 0 aromatic carbocycles. The molecule has 1 aromatic rings. The molecular weight excluding hydrogens is 305 g/mol. The van der Waals surface area contributed by atoms with Crippen molar-refractivity contribution in [3.8, 4) is 0 Å². The third kappa shape index (κ3) is 3.43. The van der Waals surface area contributed by atoms with E-state index in [1.807, 2.05) is 20.8 Å². The number of nitrogens with zero attached hydrogens (tertiary/aromatic N) is 2. The van der Waals surface area contributed by atoms with Crippen LogP contribution in [0, 0.1) is 5.41 Å². The minimum Gasteiger partial charge on any atom is -0.391 e. The van der Waals surface area contributed by atoms with Crippen LogP contribution in [-0.4, -0.2) is 28.8 Å². The van der Waals surface area contributed by atoms with E-state index in [1.165, 1.54) is 0 Å². The van der Waals surface area contributed by atoms with Gasteiger partial charge in [-0.15, -0.1) is 0 Å². The number of aromatic nitrogens is 1. The van der Waals surface area contributed by atoms with Gasteiger partial charge in [0.1, 0.15) is 5.82 Å². The second-order valence-corrected chi connectivity index (χ2v) is 6.86. The van der Waals surface area contributed by atoms with Crippen molar-refractivity contribution in [2.45, 2.75) is 45.5 Å². The third-order valence-corrected chi connectivity index (χ3v) is 3.98. The SMILES string of the molecule is CC(C)(C)C1C[C@@H](O)CN1c1ncc(C(F)(F)F)cc1Cl. The van der Waals surface area contributed by atoms with Gasteiger partial charge in [0.2, 0.25) is 0 Å². The van der Waals surface area contributed by atoms with E-state index in [4.69, 9.17) is 11.6 Å². The maximum absolute atomic E-state index is 12.7. The largest absolute Gasteiger partial charge is 0.417 e. The lowest BCUT2D eigenvalue weighted by atomic mass is 9.85. The first-order chi connectivity index (χ1) is 9.50. The van der Waals surface area contributed by atoms with Gasteiger partial charge < -0.3 is 10.0 Å². The van der Waals surface area contributed by atoms with Gasteiger partial charge in [-0.2, -0.15) is 13.2 Å². The van der Waals surface area contributed by atoms with Crippen LogP contribution >= 0.6 is 11.6 Å². The minimum atomic E-state index is -4.47.